The highest BCUT2D eigenvalue weighted by Gasteiger charge is 2.51. The third kappa shape index (κ3) is 3.50. The van der Waals surface area contributed by atoms with Crippen LogP contribution in [-0.4, -0.2) is 28.3 Å². The van der Waals surface area contributed by atoms with E-state index in [1.54, 1.807) is 24.7 Å². The van der Waals surface area contributed by atoms with E-state index in [-0.39, 0.29) is 0 Å². The molecule has 0 bridgehead atoms. The van der Waals surface area contributed by atoms with Gasteiger partial charge in [-0.05, 0) is 45.4 Å². The van der Waals surface area contributed by atoms with Gasteiger partial charge >= 0.3 is 7.12 Å². The zero-order chi connectivity index (χ0) is 18.1. The highest BCUT2D eigenvalue weighted by atomic mass is 16.7. The Morgan fingerprint density at radius 2 is 1.92 bits per heavy atom. The van der Waals surface area contributed by atoms with Crippen molar-refractivity contribution in [3.63, 3.8) is 0 Å². The Morgan fingerprint density at radius 3 is 2.52 bits per heavy atom. The molecule has 7 heteroatoms. The lowest BCUT2D eigenvalue weighted by Gasteiger charge is -2.32. The molecule has 2 aromatic heterocycles. The summed E-state index contributed by atoms with van der Waals surface area (Å²) >= 11 is 0. The van der Waals surface area contributed by atoms with Gasteiger partial charge in [0.1, 0.15) is 11.9 Å². The van der Waals surface area contributed by atoms with Crippen molar-refractivity contribution in [3.8, 4) is 6.07 Å². The van der Waals surface area contributed by atoms with Crippen molar-refractivity contribution in [1.82, 2.24) is 9.97 Å². The van der Waals surface area contributed by atoms with Crippen molar-refractivity contribution in [1.29, 1.82) is 5.26 Å². The molecule has 2 aromatic rings. The van der Waals surface area contributed by atoms with Crippen molar-refractivity contribution >= 4 is 18.4 Å². The summed E-state index contributed by atoms with van der Waals surface area (Å²) in [5, 5.41) is 12.6. The molecule has 0 amide bonds. The van der Waals surface area contributed by atoms with E-state index in [2.05, 4.69) is 21.4 Å². The standard InChI is InChI=1S/C18H21BN4O2/c1-17(2)18(3,4)25-19(24-17)15-8-14(9-20)16(23-12-15)22-11-13-6-5-7-21-10-13/h5-8,10,12H,11H2,1-4H3,(H,22,23). The van der Waals surface area contributed by atoms with E-state index >= 15 is 0 Å². The molecule has 3 rings (SSSR count). The number of hydrogen-bond donors (Lipinski definition) is 1. The van der Waals surface area contributed by atoms with Gasteiger partial charge < -0.3 is 14.6 Å². The lowest BCUT2D eigenvalue weighted by Crippen LogP contribution is -2.41. The molecule has 0 saturated carbocycles. The minimum Gasteiger partial charge on any atom is -0.399 e. The van der Waals surface area contributed by atoms with Crippen LogP contribution >= 0.6 is 0 Å². The molecule has 1 aliphatic heterocycles. The molecule has 0 spiro atoms. The average molecular weight is 336 g/mol. The summed E-state index contributed by atoms with van der Waals surface area (Å²) in [5.41, 5.74) is 1.35. The van der Waals surface area contributed by atoms with Gasteiger partial charge in [-0.3, -0.25) is 4.98 Å². The molecular weight excluding hydrogens is 315 g/mol. The van der Waals surface area contributed by atoms with E-state index in [0.29, 0.717) is 17.9 Å². The number of nitrogens with zero attached hydrogens (tertiary/aromatic N) is 3. The second kappa shape index (κ2) is 6.47. The normalized spacial score (nSPS) is 18.0. The van der Waals surface area contributed by atoms with E-state index in [1.165, 1.54) is 0 Å². The third-order valence-corrected chi connectivity index (χ3v) is 4.74. The summed E-state index contributed by atoms with van der Waals surface area (Å²) in [4.78, 5) is 8.47. The van der Waals surface area contributed by atoms with Gasteiger partial charge in [0.15, 0.2) is 0 Å². The Labute approximate surface area is 148 Å². The van der Waals surface area contributed by atoms with Crippen molar-refractivity contribution in [2.24, 2.45) is 0 Å². The molecule has 0 aliphatic carbocycles. The maximum atomic E-state index is 9.46. The molecule has 1 saturated heterocycles. The Morgan fingerprint density at radius 1 is 1.20 bits per heavy atom. The largest absolute Gasteiger partial charge is 0.496 e. The van der Waals surface area contributed by atoms with Gasteiger partial charge in [-0.1, -0.05) is 6.07 Å². The number of pyridine rings is 2. The van der Waals surface area contributed by atoms with Crippen LogP contribution in [0.5, 0.6) is 0 Å². The third-order valence-electron chi connectivity index (χ3n) is 4.74. The number of rotatable bonds is 4. The average Bonchev–Trinajstić information content (AvgIpc) is 2.81. The molecule has 1 aliphatic rings. The summed E-state index contributed by atoms with van der Waals surface area (Å²) < 4.78 is 12.0. The Hall–Kier alpha value is -2.43. The zero-order valence-corrected chi connectivity index (χ0v) is 14.9. The lowest BCUT2D eigenvalue weighted by molar-refractivity contribution is 0.00578. The van der Waals surface area contributed by atoms with Crippen molar-refractivity contribution < 1.29 is 9.31 Å². The van der Waals surface area contributed by atoms with Gasteiger partial charge in [0.05, 0.1) is 16.8 Å². The summed E-state index contributed by atoms with van der Waals surface area (Å²) in [6.45, 7) is 8.53. The molecule has 1 fully saturated rings. The van der Waals surface area contributed by atoms with E-state index in [1.807, 2.05) is 39.8 Å². The van der Waals surface area contributed by atoms with Crippen molar-refractivity contribution in [2.75, 3.05) is 5.32 Å². The highest BCUT2D eigenvalue weighted by molar-refractivity contribution is 6.62. The van der Waals surface area contributed by atoms with Crippen LogP contribution in [0.25, 0.3) is 0 Å². The van der Waals surface area contributed by atoms with E-state index < -0.39 is 18.3 Å². The molecule has 0 unspecified atom stereocenters. The second-order valence-corrected chi connectivity index (χ2v) is 7.08. The maximum absolute atomic E-state index is 9.46. The van der Waals surface area contributed by atoms with Crippen LogP contribution in [0.4, 0.5) is 5.82 Å². The van der Waals surface area contributed by atoms with E-state index in [4.69, 9.17) is 9.31 Å². The predicted molar refractivity (Wildman–Crippen MR) is 96.2 cm³/mol. The SMILES string of the molecule is CC1(C)OB(c2cnc(NCc3cccnc3)c(C#N)c2)OC1(C)C. The minimum atomic E-state index is -0.531. The van der Waals surface area contributed by atoms with Gasteiger partial charge in [0.25, 0.3) is 0 Å². The smallest absolute Gasteiger partial charge is 0.399 e. The monoisotopic (exact) mass is 336 g/mol. The Balaban J connectivity index is 1.78. The van der Waals surface area contributed by atoms with Crippen molar-refractivity contribution in [3.05, 3.63) is 47.9 Å². The molecular formula is C18H21BN4O2. The predicted octanol–water partition coefficient (Wildman–Crippen LogP) is 2.26. The Bertz CT molecular complexity index is 786. The second-order valence-electron chi connectivity index (χ2n) is 7.08. The molecule has 0 aromatic carbocycles. The quantitative estimate of drug-likeness (QED) is 0.863. The van der Waals surface area contributed by atoms with Gasteiger partial charge in [0, 0.05) is 30.6 Å². The molecule has 1 N–H and O–H groups in total. The fourth-order valence-corrected chi connectivity index (χ4v) is 2.50. The first-order chi connectivity index (χ1) is 11.8. The fraction of sp³-hybridized carbons (Fsp3) is 0.389. The first-order valence-electron chi connectivity index (χ1n) is 8.21. The van der Waals surface area contributed by atoms with Crippen LogP contribution in [0.15, 0.2) is 36.8 Å². The number of aromatic nitrogens is 2. The molecule has 3 heterocycles. The summed E-state index contributed by atoms with van der Waals surface area (Å²) in [6.07, 6.45) is 5.19. The van der Waals surface area contributed by atoms with E-state index in [9.17, 15) is 5.26 Å². The topological polar surface area (TPSA) is 80.1 Å². The molecule has 0 radical (unpaired) electrons. The number of nitriles is 1. The molecule has 128 valence electrons. The zero-order valence-electron chi connectivity index (χ0n) is 14.9. The minimum absolute atomic E-state index is 0.429. The fourth-order valence-electron chi connectivity index (χ4n) is 2.50. The van der Waals surface area contributed by atoms with Gasteiger partial charge in [-0.25, -0.2) is 4.98 Å². The van der Waals surface area contributed by atoms with Crippen molar-refractivity contribution in [2.45, 2.75) is 45.4 Å². The van der Waals surface area contributed by atoms with Crippen LogP contribution in [0.1, 0.15) is 38.8 Å². The summed E-state index contributed by atoms with van der Waals surface area (Å²) in [6, 6.07) is 7.79. The first-order valence-corrected chi connectivity index (χ1v) is 8.21. The van der Waals surface area contributed by atoms with Crippen LogP contribution in [0.2, 0.25) is 0 Å². The van der Waals surface area contributed by atoms with Crippen LogP contribution in [-0.2, 0) is 15.9 Å². The first kappa shape index (κ1) is 17.4. The molecule has 6 nitrogen and oxygen atoms in total. The number of hydrogen-bond acceptors (Lipinski definition) is 6. The van der Waals surface area contributed by atoms with Crippen LogP contribution in [0.3, 0.4) is 0 Å². The lowest BCUT2D eigenvalue weighted by atomic mass is 9.79. The summed E-state index contributed by atoms with van der Waals surface area (Å²) in [5.74, 6) is 0.534. The van der Waals surface area contributed by atoms with Gasteiger partial charge in [0.2, 0.25) is 0 Å². The van der Waals surface area contributed by atoms with Gasteiger partial charge in [-0.15, -0.1) is 0 Å². The molecule has 25 heavy (non-hydrogen) atoms. The van der Waals surface area contributed by atoms with E-state index in [0.717, 1.165) is 11.0 Å². The number of anilines is 1. The van der Waals surface area contributed by atoms with Crippen LogP contribution < -0.4 is 10.8 Å². The highest BCUT2D eigenvalue weighted by Crippen LogP contribution is 2.36. The van der Waals surface area contributed by atoms with Gasteiger partial charge in [-0.2, -0.15) is 5.26 Å². The molecule has 0 atom stereocenters. The van der Waals surface area contributed by atoms with Crippen LogP contribution in [0, 0.1) is 11.3 Å². The number of nitrogens with one attached hydrogen (secondary N) is 1. The Kier molecular flexibility index (Phi) is 4.50. The summed E-state index contributed by atoms with van der Waals surface area (Å²) in [7, 11) is -0.531. The maximum Gasteiger partial charge on any atom is 0.496 e.